The molecule has 0 bridgehead atoms. The van der Waals surface area contributed by atoms with Crippen LogP contribution in [-0.4, -0.2) is 60.8 Å². The zero-order chi connectivity index (χ0) is 25.6. The molecule has 2 aromatic carbocycles. The predicted octanol–water partition coefficient (Wildman–Crippen LogP) is 6.03. The molecule has 0 amide bonds. The molecule has 2 aromatic heterocycles. The molecule has 0 spiro atoms. The van der Waals surface area contributed by atoms with Gasteiger partial charge in [0, 0.05) is 28.4 Å². The fraction of sp³-hybridized carbons (Fsp3) is 0.393. The first-order valence-electron chi connectivity index (χ1n) is 12.8. The molecule has 0 unspecified atom stereocenters. The minimum absolute atomic E-state index is 0.294. The highest BCUT2D eigenvalue weighted by Gasteiger charge is 2.15. The SMILES string of the molecule is CCOC(=O)c1cc2cc(Nc3ncnc4cc(OC)c(OCCCN5CCCCC5)cc34)ccc2s1. The second kappa shape index (κ2) is 11.7. The quantitative estimate of drug-likeness (QED) is 0.200. The van der Waals surface area contributed by atoms with Gasteiger partial charge < -0.3 is 24.4 Å². The van der Waals surface area contributed by atoms with Crippen molar-refractivity contribution in [3.63, 3.8) is 0 Å². The molecule has 1 aliphatic heterocycles. The second-order valence-electron chi connectivity index (χ2n) is 9.06. The Labute approximate surface area is 220 Å². The third-order valence-corrected chi connectivity index (χ3v) is 7.60. The fourth-order valence-corrected chi connectivity index (χ4v) is 5.59. The smallest absolute Gasteiger partial charge is 0.348 e. The van der Waals surface area contributed by atoms with Gasteiger partial charge >= 0.3 is 5.97 Å². The number of thiophene rings is 1. The van der Waals surface area contributed by atoms with E-state index in [9.17, 15) is 4.79 Å². The van der Waals surface area contributed by atoms with E-state index in [1.165, 1.54) is 50.0 Å². The van der Waals surface area contributed by atoms with Gasteiger partial charge in [0.05, 0.1) is 25.8 Å². The van der Waals surface area contributed by atoms with Crippen LogP contribution in [0.25, 0.3) is 21.0 Å². The largest absolute Gasteiger partial charge is 0.493 e. The average molecular weight is 521 g/mol. The molecule has 4 aromatic rings. The average Bonchev–Trinajstić information content (AvgIpc) is 3.35. The number of hydrogen-bond donors (Lipinski definition) is 1. The van der Waals surface area contributed by atoms with Crippen LogP contribution in [0.3, 0.4) is 0 Å². The summed E-state index contributed by atoms with van der Waals surface area (Å²) in [5, 5.41) is 5.22. The number of piperidine rings is 1. The van der Waals surface area contributed by atoms with Gasteiger partial charge in [0.1, 0.15) is 17.0 Å². The molecule has 1 fully saturated rings. The number of nitrogens with zero attached hydrogens (tertiary/aromatic N) is 3. The highest BCUT2D eigenvalue weighted by Crippen LogP contribution is 2.36. The van der Waals surface area contributed by atoms with Crippen molar-refractivity contribution in [1.82, 2.24) is 14.9 Å². The number of hydrogen-bond acceptors (Lipinski definition) is 9. The van der Waals surface area contributed by atoms with Crippen LogP contribution in [0.15, 0.2) is 42.7 Å². The predicted molar refractivity (Wildman–Crippen MR) is 148 cm³/mol. The lowest BCUT2D eigenvalue weighted by molar-refractivity contribution is 0.0532. The first-order chi connectivity index (χ1) is 18.1. The molecular formula is C28H32N4O4S. The van der Waals surface area contributed by atoms with Crippen LogP contribution in [-0.2, 0) is 4.74 Å². The molecule has 8 nitrogen and oxygen atoms in total. The lowest BCUT2D eigenvalue weighted by Crippen LogP contribution is -2.31. The molecule has 0 radical (unpaired) electrons. The summed E-state index contributed by atoms with van der Waals surface area (Å²) in [5.41, 5.74) is 1.62. The Hall–Kier alpha value is -3.43. The van der Waals surface area contributed by atoms with Crippen LogP contribution >= 0.6 is 11.3 Å². The van der Waals surface area contributed by atoms with Gasteiger partial charge in [0.25, 0.3) is 0 Å². The van der Waals surface area contributed by atoms with E-state index in [4.69, 9.17) is 14.2 Å². The summed E-state index contributed by atoms with van der Waals surface area (Å²) in [6, 6.07) is 11.7. The van der Waals surface area contributed by atoms with Gasteiger partial charge in [-0.3, -0.25) is 0 Å². The number of likely N-dealkylation sites (tertiary alicyclic amines) is 1. The molecule has 0 atom stereocenters. The molecule has 1 aliphatic rings. The minimum atomic E-state index is -0.294. The fourth-order valence-electron chi connectivity index (χ4n) is 4.65. The van der Waals surface area contributed by atoms with E-state index in [0.717, 1.165) is 39.6 Å². The molecule has 5 rings (SSSR count). The van der Waals surface area contributed by atoms with E-state index in [1.54, 1.807) is 14.0 Å². The van der Waals surface area contributed by atoms with Crippen LogP contribution in [0.4, 0.5) is 11.5 Å². The van der Waals surface area contributed by atoms with Crippen LogP contribution in [0, 0.1) is 0 Å². The number of methoxy groups -OCH3 is 1. The standard InChI is InChI=1S/C28H32N4O4S/c1-3-35-28(33)26-15-19-14-20(8-9-25(19)37-26)31-27-21-16-24(23(34-2)17-22(21)29-18-30-27)36-13-7-12-32-10-5-4-6-11-32/h8-9,14-18H,3-7,10-13H2,1-2H3,(H,29,30,31). The molecule has 9 heteroatoms. The summed E-state index contributed by atoms with van der Waals surface area (Å²) in [6.07, 6.45) is 6.43. The Balaban J connectivity index is 1.34. The number of nitrogens with one attached hydrogen (secondary N) is 1. The summed E-state index contributed by atoms with van der Waals surface area (Å²) >= 11 is 1.43. The van der Waals surface area contributed by atoms with Crippen molar-refractivity contribution in [2.45, 2.75) is 32.6 Å². The maximum Gasteiger partial charge on any atom is 0.348 e. The van der Waals surface area contributed by atoms with Gasteiger partial charge in [-0.25, -0.2) is 14.8 Å². The van der Waals surface area contributed by atoms with Gasteiger partial charge in [0.15, 0.2) is 11.5 Å². The van der Waals surface area contributed by atoms with E-state index in [-0.39, 0.29) is 5.97 Å². The number of carbonyl (C=O) groups excluding carboxylic acids is 1. The summed E-state index contributed by atoms with van der Waals surface area (Å²) in [5.74, 6) is 1.71. The molecule has 194 valence electrons. The lowest BCUT2D eigenvalue weighted by Gasteiger charge is -2.26. The Morgan fingerprint density at radius 1 is 1.08 bits per heavy atom. The highest BCUT2D eigenvalue weighted by atomic mass is 32.1. The summed E-state index contributed by atoms with van der Waals surface area (Å²) < 4.78 is 17.9. The molecule has 0 saturated carbocycles. The van der Waals surface area contributed by atoms with E-state index in [1.807, 2.05) is 36.4 Å². The van der Waals surface area contributed by atoms with Crippen molar-refractivity contribution in [2.24, 2.45) is 0 Å². The van der Waals surface area contributed by atoms with Gasteiger partial charge in [-0.05, 0) is 75.0 Å². The molecule has 0 aliphatic carbocycles. The van der Waals surface area contributed by atoms with Crippen molar-refractivity contribution in [3.8, 4) is 11.5 Å². The Morgan fingerprint density at radius 3 is 2.76 bits per heavy atom. The topological polar surface area (TPSA) is 85.8 Å². The molecule has 3 heterocycles. The van der Waals surface area contributed by atoms with Crippen LogP contribution in [0.5, 0.6) is 11.5 Å². The molecule has 37 heavy (non-hydrogen) atoms. The first kappa shape index (κ1) is 25.2. The van der Waals surface area contributed by atoms with Crippen molar-refractivity contribution >= 4 is 49.8 Å². The van der Waals surface area contributed by atoms with Gasteiger partial charge in [-0.1, -0.05) is 6.42 Å². The maximum atomic E-state index is 12.1. The molecule has 1 saturated heterocycles. The van der Waals surface area contributed by atoms with Crippen LogP contribution in [0.2, 0.25) is 0 Å². The number of ether oxygens (including phenoxy) is 3. The minimum Gasteiger partial charge on any atom is -0.493 e. The lowest BCUT2D eigenvalue weighted by atomic mass is 10.1. The van der Waals surface area contributed by atoms with E-state index >= 15 is 0 Å². The van der Waals surface area contributed by atoms with Crippen molar-refractivity contribution in [1.29, 1.82) is 0 Å². The van der Waals surface area contributed by atoms with Gasteiger partial charge in [-0.2, -0.15) is 0 Å². The van der Waals surface area contributed by atoms with Crippen LogP contribution in [0.1, 0.15) is 42.3 Å². The van der Waals surface area contributed by atoms with Crippen molar-refractivity contribution in [2.75, 3.05) is 45.3 Å². The summed E-state index contributed by atoms with van der Waals surface area (Å²) in [7, 11) is 1.64. The molecule has 1 N–H and O–H groups in total. The van der Waals surface area contributed by atoms with E-state index in [0.29, 0.717) is 35.4 Å². The number of aromatic nitrogens is 2. The summed E-state index contributed by atoms with van der Waals surface area (Å²) in [6.45, 7) is 6.21. The number of benzene rings is 2. The zero-order valence-corrected chi connectivity index (χ0v) is 22.1. The Bertz CT molecular complexity index is 1380. The van der Waals surface area contributed by atoms with Crippen molar-refractivity contribution < 1.29 is 19.0 Å². The summed E-state index contributed by atoms with van der Waals surface area (Å²) in [4.78, 5) is 24.2. The number of anilines is 2. The third-order valence-electron chi connectivity index (χ3n) is 6.50. The van der Waals surface area contributed by atoms with Gasteiger partial charge in [0.2, 0.25) is 0 Å². The van der Waals surface area contributed by atoms with Crippen LogP contribution < -0.4 is 14.8 Å². The first-order valence-corrected chi connectivity index (χ1v) is 13.6. The highest BCUT2D eigenvalue weighted by molar-refractivity contribution is 7.20. The third kappa shape index (κ3) is 5.94. The number of rotatable bonds is 10. The zero-order valence-electron chi connectivity index (χ0n) is 21.3. The van der Waals surface area contributed by atoms with Gasteiger partial charge in [-0.15, -0.1) is 11.3 Å². The van der Waals surface area contributed by atoms with E-state index in [2.05, 4.69) is 20.2 Å². The van der Waals surface area contributed by atoms with E-state index < -0.39 is 0 Å². The number of esters is 1. The normalized spacial score (nSPS) is 14.1. The Morgan fingerprint density at radius 2 is 1.95 bits per heavy atom. The second-order valence-corrected chi connectivity index (χ2v) is 10.1. The Kier molecular flexibility index (Phi) is 8.01. The maximum absolute atomic E-state index is 12.1. The molecular weight excluding hydrogens is 488 g/mol. The monoisotopic (exact) mass is 520 g/mol. The number of fused-ring (bicyclic) bond motifs is 2. The number of carbonyl (C=O) groups is 1. The van der Waals surface area contributed by atoms with Crippen molar-refractivity contribution in [3.05, 3.63) is 47.6 Å².